The maximum atomic E-state index is 11.0. The van der Waals surface area contributed by atoms with Gasteiger partial charge in [-0.2, -0.15) is 0 Å². The summed E-state index contributed by atoms with van der Waals surface area (Å²) in [5, 5.41) is 19.9. The Kier molecular flexibility index (Phi) is 3.77. The van der Waals surface area contributed by atoms with E-state index in [9.17, 15) is 10.1 Å². The van der Waals surface area contributed by atoms with E-state index in [2.05, 4.69) is 0 Å². The molecule has 0 saturated heterocycles. The second kappa shape index (κ2) is 5.49. The van der Waals surface area contributed by atoms with E-state index in [-0.39, 0.29) is 18.0 Å². The summed E-state index contributed by atoms with van der Waals surface area (Å²) in [7, 11) is 0. The van der Waals surface area contributed by atoms with Crippen LogP contribution in [0.1, 0.15) is 11.1 Å². The summed E-state index contributed by atoms with van der Waals surface area (Å²) in [5.41, 5.74) is 1.49. The molecule has 0 saturated carbocycles. The molecule has 0 aromatic heterocycles. The Morgan fingerprint density at radius 2 is 1.89 bits per heavy atom. The Morgan fingerprint density at radius 3 is 2.47 bits per heavy atom. The first-order chi connectivity index (χ1) is 9.10. The van der Waals surface area contributed by atoms with Gasteiger partial charge in [-0.05, 0) is 36.2 Å². The molecule has 98 valence electrons. The van der Waals surface area contributed by atoms with Crippen LogP contribution in [-0.2, 0) is 6.61 Å². The minimum atomic E-state index is -0.468. The van der Waals surface area contributed by atoms with Crippen molar-refractivity contribution in [1.82, 2.24) is 0 Å². The molecule has 5 nitrogen and oxygen atoms in total. The SMILES string of the molecule is Cc1ccc(Oc2ccc(CO)cc2)c([N+](=O)[O-])c1. The zero-order valence-electron chi connectivity index (χ0n) is 10.4. The van der Waals surface area contributed by atoms with E-state index < -0.39 is 4.92 Å². The highest BCUT2D eigenvalue weighted by molar-refractivity contribution is 5.50. The van der Waals surface area contributed by atoms with Gasteiger partial charge in [0.05, 0.1) is 11.5 Å². The molecule has 2 rings (SSSR count). The van der Waals surface area contributed by atoms with Gasteiger partial charge in [-0.25, -0.2) is 0 Å². The van der Waals surface area contributed by atoms with Crippen molar-refractivity contribution in [2.24, 2.45) is 0 Å². The Labute approximate surface area is 110 Å². The average Bonchev–Trinajstić information content (AvgIpc) is 2.41. The van der Waals surface area contributed by atoms with E-state index in [0.29, 0.717) is 5.75 Å². The largest absolute Gasteiger partial charge is 0.450 e. The topological polar surface area (TPSA) is 72.6 Å². The Morgan fingerprint density at radius 1 is 1.21 bits per heavy atom. The van der Waals surface area contributed by atoms with Gasteiger partial charge in [-0.15, -0.1) is 0 Å². The molecule has 5 heteroatoms. The fourth-order valence-corrected chi connectivity index (χ4v) is 1.65. The molecule has 2 aromatic carbocycles. The van der Waals surface area contributed by atoms with Crippen molar-refractivity contribution in [2.75, 3.05) is 0 Å². The van der Waals surface area contributed by atoms with Crippen molar-refractivity contribution in [2.45, 2.75) is 13.5 Å². The van der Waals surface area contributed by atoms with Gasteiger partial charge in [0.1, 0.15) is 5.75 Å². The van der Waals surface area contributed by atoms with Gasteiger partial charge in [-0.3, -0.25) is 10.1 Å². The highest BCUT2D eigenvalue weighted by atomic mass is 16.6. The molecule has 0 aliphatic rings. The van der Waals surface area contributed by atoms with Gasteiger partial charge in [-0.1, -0.05) is 18.2 Å². The van der Waals surface area contributed by atoms with Crippen molar-refractivity contribution < 1.29 is 14.8 Å². The standard InChI is InChI=1S/C14H13NO4/c1-10-2-7-14(13(8-10)15(17)18)19-12-5-3-11(9-16)4-6-12/h2-8,16H,9H2,1H3. The molecule has 0 bridgehead atoms. The lowest BCUT2D eigenvalue weighted by atomic mass is 10.2. The molecule has 0 aliphatic heterocycles. The highest BCUT2D eigenvalue weighted by Gasteiger charge is 2.15. The number of ether oxygens (including phenoxy) is 1. The van der Waals surface area contributed by atoms with E-state index in [1.54, 1.807) is 43.3 Å². The van der Waals surface area contributed by atoms with Crippen molar-refractivity contribution in [3.63, 3.8) is 0 Å². The molecule has 0 heterocycles. The lowest BCUT2D eigenvalue weighted by Crippen LogP contribution is -1.94. The van der Waals surface area contributed by atoms with Crippen LogP contribution < -0.4 is 4.74 Å². The van der Waals surface area contributed by atoms with Gasteiger partial charge >= 0.3 is 5.69 Å². The van der Waals surface area contributed by atoms with Crippen molar-refractivity contribution in [3.8, 4) is 11.5 Å². The van der Waals surface area contributed by atoms with Gasteiger partial charge in [0.15, 0.2) is 0 Å². The number of aliphatic hydroxyl groups excluding tert-OH is 1. The summed E-state index contributed by atoms with van der Waals surface area (Å²) >= 11 is 0. The lowest BCUT2D eigenvalue weighted by molar-refractivity contribution is -0.385. The van der Waals surface area contributed by atoms with Crippen LogP contribution in [0.2, 0.25) is 0 Å². The molecule has 2 aromatic rings. The molecule has 0 fully saturated rings. The van der Waals surface area contributed by atoms with Crippen LogP contribution in [0, 0.1) is 17.0 Å². The number of hydrogen-bond acceptors (Lipinski definition) is 4. The van der Waals surface area contributed by atoms with Crippen LogP contribution in [0.25, 0.3) is 0 Å². The highest BCUT2D eigenvalue weighted by Crippen LogP contribution is 2.32. The number of rotatable bonds is 4. The normalized spacial score (nSPS) is 10.2. The lowest BCUT2D eigenvalue weighted by Gasteiger charge is -2.07. The van der Waals surface area contributed by atoms with Crippen LogP contribution >= 0.6 is 0 Å². The Balaban J connectivity index is 2.29. The van der Waals surface area contributed by atoms with Crippen molar-refractivity contribution >= 4 is 5.69 Å². The fourth-order valence-electron chi connectivity index (χ4n) is 1.65. The third-order valence-electron chi connectivity index (χ3n) is 2.64. The minimum absolute atomic E-state index is 0.0506. The maximum absolute atomic E-state index is 11.0. The molecular formula is C14H13NO4. The van der Waals surface area contributed by atoms with Gasteiger partial charge < -0.3 is 9.84 Å². The average molecular weight is 259 g/mol. The number of nitro benzene ring substituents is 1. The summed E-state index contributed by atoms with van der Waals surface area (Å²) in [6.07, 6.45) is 0. The third-order valence-corrected chi connectivity index (χ3v) is 2.64. The quantitative estimate of drug-likeness (QED) is 0.676. The van der Waals surface area contributed by atoms with Gasteiger partial charge in [0, 0.05) is 6.07 Å². The summed E-state index contributed by atoms with van der Waals surface area (Å²) in [5.74, 6) is 0.691. The second-order valence-corrected chi connectivity index (χ2v) is 4.13. The van der Waals surface area contributed by atoms with E-state index in [0.717, 1.165) is 11.1 Å². The van der Waals surface area contributed by atoms with Gasteiger partial charge in [0.25, 0.3) is 0 Å². The van der Waals surface area contributed by atoms with Crippen LogP contribution in [0.5, 0.6) is 11.5 Å². The van der Waals surface area contributed by atoms with Crippen molar-refractivity contribution in [1.29, 1.82) is 0 Å². The molecule has 0 aliphatic carbocycles. The monoisotopic (exact) mass is 259 g/mol. The number of nitro groups is 1. The van der Waals surface area contributed by atoms with E-state index >= 15 is 0 Å². The molecule has 0 unspecified atom stereocenters. The van der Waals surface area contributed by atoms with Crippen LogP contribution in [-0.4, -0.2) is 10.0 Å². The molecule has 1 N–H and O–H groups in total. The number of hydrogen-bond donors (Lipinski definition) is 1. The van der Waals surface area contributed by atoms with E-state index in [1.165, 1.54) is 6.07 Å². The maximum Gasteiger partial charge on any atom is 0.311 e. The zero-order chi connectivity index (χ0) is 13.8. The summed E-state index contributed by atoms with van der Waals surface area (Å²) < 4.78 is 5.50. The predicted molar refractivity (Wildman–Crippen MR) is 70.3 cm³/mol. The Bertz CT molecular complexity index is 593. The first-order valence-electron chi connectivity index (χ1n) is 5.73. The van der Waals surface area contributed by atoms with Crippen molar-refractivity contribution in [3.05, 3.63) is 63.7 Å². The zero-order valence-corrected chi connectivity index (χ0v) is 10.4. The molecule has 0 amide bonds. The first-order valence-corrected chi connectivity index (χ1v) is 5.73. The van der Waals surface area contributed by atoms with Crippen LogP contribution in [0.3, 0.4) is 0 Å². The van der Waals surface area contributed by atoms with Crippen LogP contribution in [0.4, 0.5) is 5.69 Å². The molecule has 0 radical (unpaired) electrons. The summed E-state index contributed by atoms with van der Waals surface area (Å²) in [6, 6.07) is 11.5. The number of aliphatic hydroxyl groups is 1. The molecule has 19 heavy (non-hydrogen) atoms. The first kappa shape index (κ1) is 13.0. The number of benzene rings is 2. The molecular weight excluding hydrogens is 246 g/mol. The van der Waals surface area contributed by atoms with E-state index in [4.69, 9.17) is 9.84 Å². The Hall–Kier alpha value is -2.40. The molecule has 0 atom stereocenters. The smallest absolute Gasteiger partial charge is 0.311 e. The van der Waals surface area contributed by atoms with E-state index in [1.807, 2.05) is 0 Å². The fraction of sp³-hybridized carbons (Fsp3) is 0.143. The van der Waals surface area contributed by atoms with Gasteiger partial charge in [0.2, 0.25) is 5.75 Å². The predicted octanol–water partition coefficient (Wildman–Crippen LogP) is 3.19. The number of nitrogens with zero attached hydrogens (tertiary/aromatic N) is 1. The second-order valence-electron chi connectivity index (χ2n) is 4.13. The van der Waals surface area contributed by atoms with Crippen LogP contribution in [0.15, 0.2) is 42.5 Å². The third kappa shape index (κ3) is 3.08. The summed E-state index contributed by atoms with van der Waals surface area (Å²) in [4.78, 5) is 10.5. The molecule has 0 spiro atoms. The number of aryl methyl sites for hydroxylation is 1. The minimum Gasteiger partial charge on any atom is -0.450 e. The summed E-state index contributed by atoms with van der Waals surface area (Å²) in [6.45, 7) is 1.73.